The molecule has 2 saturated carbocycles. The third kappa shape index (κ3) is 4.19. The highest BCUT2D eigenvalue weighted by Gasteiger charge is 2.41. The lowest BCUT2D eigenvalue weighted by atomic mass is 9.91. The van der Waals surface area contributed by atoms with Crippen LogP contribution in [0.1, 0.15) is 59.8 Å². The van der Waals surface area contributed by atoms with Crippen LogP contribution in [0.25, 0.3) is 0 Å². The highest BCUT2D eigenvalue weighted by Crippen LogP contribution is 2.37. The van der Waals surface area contributed by atoms with Crippen LogP contribution in [0, 0.1) is 5.92 Å². The van der Waals surface area contributed by atoms with Crippen LogP contribution in [-0.2, 0) is 4.79 Å². The molecule has 0 radical (unpaired) electrons. The first-order valence-electron chi connectivity index (χ1n) is 8.08. The van der Waals surface area contributed by atoms with Gasteiger partial charge >= 0.3 is 5.97 Å². The lowest BCUT2D eigenvalue weighted by Gasteiger charge is -2.36. The van der Waals surface area contributed by atoms with Gasteiger partial charge in [-0.3, -0.25) is 15.0 Å². The molecular formula is C16H30N2O2. The lowest BCUT2D eigenvalue weighted by molar-refractivity contribution is -0.145. The average Bonchev–Trinajstić information content (AvgIpc) is 3.17. The normalized spacial score (nSPS) is 23.9. The fraction of sp³-hybridized carbons (Fsp3) is 0.938. The molecule has 0 heterocycles. The van der Waals surface area contributed by atoms with Crippen LogP contribution in [-0.4, -0.2) is 46.2 Å². The summed E-state index contributed by atoms with van der Waals surface area (Å²) in [6.45, 7) is 9.21. The van der Waals surface area contributed by atoms with E-state index in [1.165, 1.54) is 32.2 Å². The Bertz CT molecular complexity index is 350. The van der Waals surface area contributed by atoms with E-state index < -0.39 is 11.5 Å². The van der Waals surface area contributed by atoms with E-state index in [0.29, 0.717) is 18.5 Å². The minimum atomic E-state index is -0.829. The number of hydrogen-bond acceptors (Lipinski definition) is 3. The van der Waals surface area contributed by atoms with Crippen LogP contribution in [0.3, 0.4) is 0 Å². The summed E-state index contributed by atoms with van der Waals surface area (Å²) in [5.74, 6) is 0.132. The van der Waals surface area contributed by atoms with Gasteiger partial charge < -0.3 is 5.11 Å². The maximum Gasteiger partial charge on any atom is 0.323 e. The van der Waals surface area contributed by atoms with Crippen molar-refractivity contribution in [1.29, 1.82) is 0 Å². The van der Waals surface area contributed by atoms with Gasteiger partial charge in [-0.05, 0) is 65.7 Å². The predicted molar refractivity (Wildman–Crippen MR) is 80.8 cm³/mol. The number of aliphatic carboxylic acids is 1. The van der Waals surface area contributed by atoms with Crippen LogP contribution in [0.2, 0.25) is 0 Å². The van der Waals surface area contributed by atoms with E-state index in [2.05, 4.69) is 17.1 Å². The third-order valence-electron chi connectivity index (χ3n) is 4.53. The summed E-state index contributed by atoms with van der Waals surface area (Å²) in [6.07, 6.45) is 5.97. The van der Waals surface area contributed by atoms with Gasteiger partial charge in [-0.1, -0.05) is 0 Å². The lowest BCUT2D eigenvalue weighted by Crippen LogP contribution is -2.56. The molecule has 4 nitrogen and oxygen atoms in total. The van der Waals surface area contributed by atoms with Crippen LogP contribution in [0.5, 0.6) is 0 Å². The van der Waals surface area contributed by atoms with Gasteiger partial charge in [0, 0.05) is 24.7 Å². The first-order valence-corrected chi connectivity index (χ1v) is 8.08. The maximum atomic E-state index is 11.7. The number of rotatable bonds is 9. The minimum Gasteiger partial charge on any atom is -0.480 e. The van der Waals surface area contributed by atoms with E-state index in [-0.39, 0.29) is 6.04 Å². The molecular weight excluding hydrogens is 252 g/mol. The number of nitrogens with zero attached hydrogens (tertiary/aromatic N) is 1. The van der Waals surface area contributed by atoms with Crippen molar-refractivity contribution in [1.82, 2.24) is 10.2 Å². The van der Waals surface area contributed by atoms with Crippen LogP contribution < -0.4 is 5.32 Å². The van der Waals surface area contributed by atoms with Gasteiger partial charge in [-0.15, -0.1) is 0 Å². The Hall–Kier alpha value is -0.610. The molecule has 4 heteroatoms. The van der Waals surface area contributed by atoms with E-state index >= 15 is 0 Å². The smallest absolute Gasteiger partial charge is 0.323 e. The molecule has 2 unspecified atom stereocenters. The average molecular weight is 282 g/mol. The van der Waals surface area contributed by atoms with E-state index in [1.54, 1.807) is 0 Å². The Kier molecular flexibility index (Phi) is 4.75. The van der Waals surface area contributed by atoms with Gasteiger partial charge in [0.2, 0.25) is 0 Å². The van der Waals surface area contributed by atoms with Crippen molar-refractivity contribution in [3.63, 3.8) is 0 Å². The number of nitrogens with one attached hydrogen (secondary N) is 1. The molecule has 0 bridgehead atoms. The molecule has 0 aromatic rings. The first-order chi connectivity index (χ1) is 9.32. The standard InChI is InChI=1S/C16H30N2O2/c1-11(2)17-16(4,15(19)20)9-12(3)18(14-7-8-14)10-13-5-6-13/h11-14,17H,5-10H2,1-4H3,(H,19,20). The molecule has 20 heavy (non-hydrogen) atoms. The second kappa shape index (κ2) is 6.02. The molecule has 0 saturated heterocycles. The van der Waals surface area contributed by atoms with Crippen LogP contribution >= 0.6 is 0 Å². The summed E-state index contributed by atoms with van der Waals surface area (Å²) >= 11 is 0. The molecule has 0 spiro atoms. The van der Waals surface area contributed by atoms with E-state index in [9.17, 15) is 9.90 Å². The summed E-state index contributed by atoms with van der Waals surface area (Å²) < 4.78 is 0. The highest BCUT2D eigenvalue weighted by atomic mass is 16.4. The second-order valence-corrected chi connectivity index (χ2v) is 7.36. The van der Waals surface area contributed by atoms with Crippen LogP contribution in [0.4, 0.5) is 0 Å². The van der Waals surface area contributed by atoms with Crippen LogP contribution in [0.15, 0.2) is 0 Å². The summed E-state index contributed by atoms with van der Waals surface area (Å²) in [5.41, 5.74) is -0.829. The molecule has 0 aliphatic heterocycles. The first kappa shape index (κ1) is 15.8. The third-order valence-corrected chi connectivity index (χ3v) is 4.53. The molecule has 0 amide bonds. The summed E-state index contributed by atoms with van der Waals surface area (Å²) in [5, 5.41) is 12.8. The maximum absolute atomic E-state index is 11.7. The summed E-state index contributed by atoms with van der Waals surface area (Å²) in [7, 11) is 0. The SMILES string of the molecule is CC(C)NC(C)(CC(C)N(CC1CC1)C1CC1)C(=O)O. The van der Waals surface area contributed by atoms with E-state index in [4.69, 9.17) is 0 Å². The number of carbonyl (C=O) groups is 1. The minimum absolute atomic E-state index is 0.182. The zero-order valence-corrected chi connectivity index (χ0v) is 13.4. The Morgan fingerprint density at radius 1 is 1.30 bits per heavy atom. The Labute approximate surface area is 122 Å². The highest BCUT2D eigenvalue weighted by molar-refractivity contribution is 5.78. The van der Waals surface area contributed by atoms with Gasteiger partial charge in [0.25, 0.3) is 0 Å². The Morgan fingerprint density at radius 3 is 2.30 bits per heavy atom. The number of carboxylic acid groups (broad SMARTS) is 1. The van der Waals surface area contributed by atoms with Gasteiger partial charge in [0.1, 0.15) is 5.54 Å². The molecule has 2 fully saturated rings. The topological polar surface area (TPSA) is 52.6 Å². The van der Waals surface area contributed by atoms with Crippen molar-refractivity contribution in [3.05, 3.63) is 0 Å². The molecule has 2 atom stereocenters. The zero-order chi connectivity index (χ0) is 14.9. The largest absolute Gasteiger partial charge is 0.480 e. The molecule has 2 aliphatic carbocycles. The van der Waals surface area contributed by atoms with E-state index in [0.717, 1.165) is 5.92 Å². The van der Waals surface area contributed by atoms with Crippen molar-refractivity contribution in [3.8, 4) is 0 Å². The van der Waals surface area contributed by atoms with Gasteiger partial charge in [0.15, 0.2) is 0 Å². The van der Waals surface area contributed by atoms with Crippen molar-refractivity contribution >= 4 is 5.97 Å². The second-order valence-electron chi connectivity index (χ2n) is 7.36. The van der Waals surface area contributed by atoms with Crippen molar-refractivity contribution < 1.29 is 9.90 Å². The fourth-order valence-corrected chi connectivity index (χ4v) is 3.25. The summed E-state index contributed by atoms with van der Waals surface area (Å²) in [6, 6.07) is 1.22. The molecule has 2 rings (SSSR count). The van der Waals surface area contributed by atoms with Crippen molar-refractivity contribution in [2.75, 3.05) is 6.54 Å². The number of hydrogen-bond donors (Lipinski definition) is 2. The summed E-state index contributed by atoms with van der Waals surface area (Å²) in [4.78, 5) is 14.2. The predicted octanol–water partition coefficient (Wildman–Crippen LogP) is 2.48. The monoisotopic (exact) mass is 282 g/mol. The molecule has 0 aromatic heterocycles. The zero-order valence-electron chi connectivity index (χ0n) is 13.4. The van der Waals surface area contributed by atoms with Crippen molar-refractivity contribution in [2.45, 2.75) is 83.5 Å². The molecule has 2 aliphatic rings. The van der Waals surface area contributed by atoms with Gasteiger partial charge in [-0.25, -0.2) is 0 Å². The Morgan fingerprint density at radius 2 is 1.90 bits per heavy atom. The molecule has 0 aromatic carbocycles. The number of carboxylic acids is 1. The van der Waals surface area contributed by atoms with Gasteiger partial charge in [0.05, 0.1) is 0 Å². The molecule has 2 N–H and O–H groups in total. The fourth-order valence-electron chi connectivity index (χ4n) is 3.25. The van der Waals surface area contributed by atoms with Gasteiger partial charge in [-0.2, -0.15) is 0 Å². The van der Waals surface area contributed by atoms with E-state index in [1.807, 2.05) is 20.8 Å². The molecule has 116 valence electrons. The van der Waals surface area contributed by atoms with Crippen molar-refractivity contribution in [2.24, 2.45) is 5.92 Å². The quantitative estimate of drug-likeness (QED) is 0.682. The Balaban J connectivity index is 1.97.